The minimum absolute atomic E-state index is 0.169. The Morgan fingerprint density at radius 3 is 2.60 bits per heavy atom. The van der Waals surface area contributed by atoms with Crippen molar-refractivity contribution in [1.29, 1.82) is 0 Å². The molecule has 10 heteroatoms. The molecule has 0 amide bonds. The SMILES string of the molecule is C[C@]1(COC(=O)OCCC23CC4CC(CC(C4)C2)C3)O[C@@H](n2cnc3c(N)cc(F)nc32)C[C@@H]1O. The molecule has 0 unspecified atom stereocenters. The molecule has 5 aliphatic rings. The van der Waals surface area contributed by atoms with Gasteiger partial charge < -0.3 is 25.1 Å². The van der Waals surface area contributed by atoms with E-state index < -0.39 is 30.0 Å². The molecule has 3 atom stereocenters. The van der Waals surface area contributed by atoms with Crippen molar-refractivity contribution in [1.82, 2.24) is 14.5 Å². The standard InChI is InChI=1S/C25H33FN4O5/c1-24(18(31)8-20(35-24)30-13-28-21-17(27)7-19(26)29-22(21)30)12-34-23(32)33-3-2-25-9-14-4-15(10-25)6-16(5-14)11-25/h7,13-16,18,20,31H,2-6,8-12H2,1H3,(H2,27,29)/t14?,15?,16?,18-,20+,24+,25?/m0/s1. The summed E-state index contributed by atoms with van der Waals surface area (Å²) in [5.74, 6) is 1.85. The first kappa shape index (κ1) is 23.0. The first-order chi connectivity index (χ1) is 16.7. The number of fused-ring (bicyclic) bond motifs is 1. The van der Waals surface area contributed by atoms with Crippen LogP contribution in [0.25, 0.3) is 11.2 Å². The Balaban J connectivity index is 1.03. The van der Waals surface area contributed by atoms with Crippen molar-refractivity contribution < 1.29 is 28.5 Å². The van der Waals surface area contributed by atoms with Crippen molar-refractivity contribution in [2.45, 2.75) is 76.2 Å². The molecule has 190 valence electrons. The first-order valence-electron chi connectivity index (χ1n) is 12.7. The molecule has 4 saturated carbocycles. The molecule has 3 heterocycles. The van der Waals surface area contributed by atoms with E-state index in [1.54, 1.807) is 6.92 Å². The Labute approximate surface area is 203 Å². The lowest BCUT2D eigenvalue weighted by atomic mass is 9.49. The first-order valence-corrected chi connectivity index (χ1v) is 12.7. The smallest absolute Gasteiger partial charge is 0.434 e. The molecule has 0 spiro atoms. The van der Waals surface area contributed by atoms with E-state index in [2.05, 4.69) is 9.97 Å². The topological polar surface area (TPSA) is 122 Å². The minimum atomic E-state index is -1.15. The Morgan fingerprint density at radius 1 is 1.23 bits per heavy atom. The molecule has 4 bridgehead atoms. The van der Waals surface area contributed by atoms with E-state index in [1.807, 2.05) is 0 Å². The molecule has 5 fully saturated rings. The van der Waals surface area contributed by atoms with Crippen LogP contribution in [-0.2, 0) is 14.2 Å². The number of nitrogens with two attached hydrogens (primary N) is 1. The number of nitrogen functional groups attached to an aromatic ring is 1. The number of imidazole rings is 1. The molecular formula is C25H33FN4O5. The number of aromatic nitrogens is 3. The third-order valence-electron chi connectivity index (χ3n) is 8.87. The summed E-state index contributed by atoms with van der Waals surface area (Å²) < 4.78 is 32.2. The van der Waals surface area contributed by atoms with Gasteiger partial charge in [-0.1, -0.05) is 0 Å². The van der Waals surface area contributed by atoms with Crippen molar-refractivity contribution in [3.05, 3.63) is 18.3 Å². The van der Waals surface area contributed by atoms with Crippen LogP contribution < -0.4 is 5.73 Å². The highest BCUT2D eigenvalue weighted by molar-refractivity contribution is 5.83. The number of hydrogen-bond acceptors (Lipinski definition) is 8. The lowest BCUT2D eigenvalue weighted by Crippen LogP contribution is -2.46. The van der Waals surface area contributed by atoms with Crippen LogP contribution in [-0.4, -0.2) is 50.7 Å². The van der Waals surface area contributed by atoms with Crippen molar-refractivity contribution in [2.24, 2.45) is 23.2 Å². The number of aliphatic hydroxyl groups excluding tert-OH is 1. The minimum Gasteiger partial charge on any atom is -0.434 e. The van der Waals surface area contributed by atoms with Gasteiger partial charge in [-0.3, -0.25) is 4.57 Å². The molecule has 3 N–H and O–H groups in total. The van der Waals surface area contributed by atoms with Crippen molar-refractivity contribution in [3.8, 4) is 0 Å². The number of pyridine rings is 1. The van der Waals surface area contributed by atoms with Gasteiger partial charge in [-0.15, -0.1) is 0 Å². The average Bonchev–Trinajstić information content (AvgIpc) is 3.32. The molecular weight excluding hydrogens is 455 g/mol. The number of hydrogen-bond donors (Lipinski definition) is 2. The maximum Gasteiger partial charge on any atom is 0.508 e. The van der Waals surface area contributed by atoms with Gasteiger partial charge >= 0.3 is 6.16 Å². The summed E-state index contributed by atoms with van der Waals surface area (Å²) in [7, 11) is 0. The molecule has 1 saturated heterocycles. The fraction of sp³-hybridized carbons (Fsp3) is 0.720. The molecule has 9 nitrogen and oxygen atoms in total. The van der Waals surface area contributed by atoms with Gasteiger partial charge in [0.25, 0.3) is 0 Å². The summed E-state index contributed by atoms with van der Waals surface area (Å²) in [5, 5.41) is 10.7. The van der Waals surface area contributed by atoms with Crippen molar-refractivity contribution in [2.75, 3.05) is 18.9 Å². The van der Waals surface area contributed by atoms with Crippen LogP contribution in [0.1, 0.15) is 64.5 Å². The second-order valence-electron chi connectivity index (χ2n) is 11.5. The quantitative estimate of drug-likeness (QED) is 0.463. The summed E-state index contributed by atoms with van der Waals surface area (Å²) in [6.07, 6.45) is 8.18. The zero-order chi connectivity index (χ0) is 24.4. The highest BCUT2D eigenvalue weighted by atomic mass is 19.1. The van der Waals surface area contributed by atoms with E-state index in [-0.39, 0.29) is 24.4 Å². The van der Waals surface area contributed by atoms with Crippen LogP contribution in [0.3, 0.4) is 0 Å². The Hall–Kier alpha value is -2.46. The number of nitrogens with zero attached hydrogens (tertiary/aromatic N) is 3. The van der Waals surface area contributed by atoms with Gasteiger partial charge in [-0.25, -0.2) is 9.78 Å². The lowest BCUT2D eigenvalue weighted by Gasteiger charge is -2.57. The predicted octanol–water partition coefficient (Wildman–Crippen LogP) is 3.95. The maximum absolute atomic E-state index is 13.8. The maximum atomic E-state index is 13.8. The largest absolute Gasteiger partial charge is 0.508 e. The zero-order valence-corrected chi connectivity index (χ0v) is 20.0. The normalized spacial score (nSPS) is 37.7. The molecule has 2 aromatic rings. The molecule has 1 aliphatic heterocycles. The molecule has 2 aromatic heterocycles. The highest BCUT2D eigenvalue weighted by Crippen LogP contribution is 2.61. The van der Waals surface area contributed by atoms with Crippen molar-refractivity contribution in [3.63, 3.8) is 0 Å². The van der Waals surface area contributed by atoms with Crippen LogP contribution in [0.15, 0.2) is 12.4 Å². The van der Waals surface area contributed by atoms with Crippen LogP contribution in [0.2, 0.25) is 0 Å². The number of ether oxygens (including phenoxy) is 3. The average molecular weight is 489 g/mol. The van der Waals surface area contributed by atoms with Gasteiger partial charge in [-0.05, 0) is 75.0 Å². The Bertz CT molecular complexity index is 1100. The summed E-state index contributed by atoms with van der Waals surface area (Å²) in [6, 6.07) is 1.11. The van der Waals surface area contributed by atoms with Crippen LogP contribution in [0.4, 0.5) is 14.9 Å². The monoisotopic (exact) mass is 488 g/mol. The van der Waals surface area contributed by atoms with E-state index >= 15 is 0 Å². The third-order valence-corrected chi connectivity index (χ3v) is 8.87. The summed E-state index contributed by atoms with van der Waals surface area (Å²) >= 11 is 0. The zero-order valence-electron chi connectivity index (χ0n) is 20.0. The summed E-state index contributed by atoms with van der Waals surface area (Å²) in [5.41, 5.74) is 5.78. The fourth-order valence-electron chi connectivity index (χ4n) is 7.58. The van der Waals surface area contributed by atoms with Crippen LogP contribution in [0.5, 0.6) is 0 Å². The van der Waals surface area contributed by atoms with Gasteiger partial charge in [0.2, 0.25) is 5.95 Å². The van der Waals surface area contributed by atoms with Crippen LogP contribution in [0, 0.1) is 29.1 Å². The van der Waals surface area contributed by atoms with E-state index in [4.69, 9.17) is 19.9 Å². The molecule has 4 aliphatic carbocycles. The number of rotatable bonds is 6. The van der Waals surface area contributed by atoms with Gasteiger partial charge in [0, 0.05) is 12.5 Å². The van der Waals surface area contributed by atoms with E-state index in [1.165, 1.54) is 49.4 Å². The Kier molecular flexibility index (Phi) is 5.45. The molecule has 35 heavy (non-hydrogen) atoms. The molecule has 0 radical (unpaired) electrons. The second kappa shape index (κ2) is 8.30. The Morgan fingerprint density at radius 2 is 1.91 bits per heavy atom. The van der Waals surface area contributed by atoms with Gasteiger partial charge in [-0.2, -0.15) is 9.37 Å². The number of carbonyl (C=O) groups is 1. The number of carbonyl (C=O) groups excluding carboxylic acids is 1. The van der Waals surface area contributed by atoms with Crippen molar-refractivity contribution >= 4 is 23.0 Å². The number of aliphatic hydroxyl groups is 1. The summed E-state index contributed by atoms with van der Waals surface area (Å²) in [4.78, 5) is 20.4. The van der Waals surface area contributed by atoms with Crippen LogP contribution >= 0.6 is 0 Å². The van der Waals surface area contributed by atoms with Gasteiger partial charge in [0.05, 0.1) is 24.7 Å². The lowest BCUT2D eigenvalue weighted by molar-refractivity contribution is -0.123. The molecule has 0 aromatic carbocycles. The highest BCUT2D eigenvalue weighted by Gasteiger charge is 2.51. The van der Waals surface area contributed by atoms with E-state index in [9.17, 15) is 14.3 Å². The van der Waals surface area contributed by atoms with Gasteiger partial charge in [0.15, 0.2) is 5.65 Å². The van der Waals surface area contributed by atoms with Gasteiger partial charge in [0.1, 0.15) is 24.0 Å². The third kappa shape index (κ3) is 4.14. The number of anilines is 1. The van der Waals surface area contributed by atoms with E-state index in [0.29, 0.717) is 17.5 Å². The van der Waals surface area contributed by atoms with E-state index in [0.717, 1.165) is 30.2 Å². The number of halogens is 1. The predicted molar refractivity (Wildman–Crippen MR) is 124 cm³/mol. The molecule has 7 rings (SSSR count). The fourth-order valence-corrected chi connectivity index (χ4v) is 7.58. The summed E-state index contributed by atoms with van der Waals surface area (Å²) in [6.45, 7) is 1.85. The second-order valence-corrected chi connectivity index (χ2v) is 11.5.